The molecule has 0 saturated carbocycles. The van der Waals surface area contributed by atoms with Crippen molar-refractivity contribution in [2.24, 2.45) is 5.14 Å². The molecule has 0 aliphatic carbocycles. The lowest BCUT2D eigenvalue weighted by Gasteiger charge is -2.33. The number of nitrogens with two attached hydrogens (primary N) is 1. The van der Waals surface area contributed by atoms with Crippen LogP contribution in [0.1, 0.15) is 32.7 Å². The Bertz CT molecular complexity index is 1240. The molecule has 1 aliphatic rings. The van der Waals surface area contributed by atoms with Crippen LogP contribution in [-0.4, -0.2) is 57.9 Å². The molecule has 0 aromatic heterocycles. The average Bonchev–Trinajstić information content (AvgIpc) is 2.83. The van der Waals surface area contributed by atoms with E-state index in [1.54, 1.807) is 0 Å². The van der Waals surface area contributed by atoms with Crippen molar-refractivity contribution >= 4 is 27.7 Å². The summed E-state index contributed by atoms with van der Waals surface area (Å²) in [4.78, 5) is 37.1. The van der Waals surface area contributed by atoms with Crippen LogP contribution >= 0.6 is 0 Å². The van der Waals surface area contributed by atoms with Gasteiger partial charge in [-0.3, -0.25) is 14.4 Å². The third-order valence-electron chi connectivity index (χ3n) is 5.45. The summed E-state index contributed by atoms with van der Waals surface area (Å²) >= 11 is 0. The molecule has 14 heteroatoms. The van der Waals surface area contributed by atoms with E-state index >= 15 is 0 Å². The molecule has 36 heavy (non-hydrogen) atoms. The van der Waals surface area contributed by atoms with Gasteiger partial charge in [-0.2, -0.15) is 13.2 Å². The van der Waals surface area contributed by atoms with E-state index in [9.17, 15) is 36.0 Å². The number of amides is 3. The molecule has 1 fully saturated rings. The lowest BCUT2D eigenvalue weighted by atomic mass is 10.00. The molecule has 1 saturated heterocycles. The number of halogens is 3. The van der Waals surface area contributed by atoms with Gasteiger partial charge in [0.1, 0.15) is 0 Å². The smallest absolute Gasteiger partial charge is 0.350 e. The van der Waals surface area contributed by atoms with Gasteiger partial charge in [-0.15, -0.1) is 0 Å². The Morgan fingerprint density at radius 2 is 1.67 bits per heavy atom. The van der Waals surface area contributed by atoms with Crippen molar-refractivity contribution in [3.8, 4) is 0 Å². The lowest BCUT2D eigenvalue weighted by Crippen LogP contribution is -2.60. The zero-order valence-electron chi connectivity index (χ0n) is 18.8. The number of rotatable bonds is 7. The van der Waals surface area contributed by atoms with E-state index in [2.05, 4.69) is 21.3 Å². The third-order valence-corrected chi connectivity index (χ3v) is 6.38. The van der Waals surface area contributed by atoms with Crippen molar-refractivity contribution in [3.05, 3.63) is 65.2 Å². The Kier molecular flexibility index (Phi) is 8.32. The molecule has 6 N–H and O–H groups in total. The van der Waals surface area contributed by atoms with Gasteiger partial charge in [0.2, 0.25) is 15.9 Å². The van der Waals surface area contributed by atoms with Crippen LogP contribution in [0.15, 0.2) is 53.4 Å². The van der Waals surface area contributed by atoms with Gasteiger partial charge in [0, 0.05) is 17.7 Å². The highest BCUT2D eigenvalue weighted by Gasteiger charge is 2.31. The maximum absolute atomic E-state index is 12.8. The monoisotopic (exact) mass is 527 g/mol. The minimum absolute atomic E-state index is 0.143. The minimum Gasteiger partial charge on any atom is -0.350 e. The second kappa shape index (κ2) is 11.1. The number of carbonyl (C=O) groups is 3. The number of alkyl halides is 3. The Labute approximate surface area is 204 Å². The van der Waals surface area contributed by atoms with Gasteiger partial charge in [-0.05, 0) is 55.4 Å². The molecule has 1 aliphatic heterocycles. The van der Waals surface area contributed by atoms with Crippen LogP contribution in [0.4, 0.5) is 13.2 Å². The Morgan fingerprint density at radius 1 is 0.972 bits per heavy atom. The molecule has 0 radical (unpaired) electrons. The van der Waals surface area contributed by atoms with Gasteiger partial charge in [0.25, 0.3) is 11.8 Å². The second-order valence-corrected chi connectivity index (χ2v) is 9.64. The molecular weight excluding hydrogens is 503 g/mol. The van der Waals surface area contributed by atoms with Gasteiger partial charge in [0.15, 0.2) is 0 Å². The van der Waals surface area contributed by atoms with Gasteiger partial charge < -0.3 is 21.3 Å². The topological polar surface area (TPSA) is 159 Å². The number of nitrogens with one attached hydrogen (secondary N) is 4. The Morgan fingerprint density at radius 3 is 2.31 bits per heavy atom. The largest absolute Gasteiger partial charge is 0.416 e. The SMILES string of the molecule is NS(=O)(=O)c1ccc(C(=O)NC2CNCCC2NC(=O)CNC(=O)c2cccc(C(F)(F)F)c2)cc1. The highest BCUT2D eigenvalue weighted by molar-refractivity contribution is 7.89. The van der Waals surface area contributed by atoms with Crippen LogP contribution < -0.4 is 26.4 Å². The van der Waals surface area contributed by atoms with Crippen molar-refractivity contribution in [3.63, 3.8) is 0 Å². The van der Waals surface area contributed by atoms with E-state index in [1.165, 1.54) is 30.3 Å². The summed E-state index contributed by atoms with van der Waals surface area (Å²) in [6.07, 6.45) is -4.14. The summed E-state index contributed by atoms with van der Waals surface area (Å²) in [5, 5.41) is 15.9. The van der Waals surface area contributed by atoms with Gasteiger partial charge in [-0.25, -0.2) is 13.6 Å². The normalized spacial score (nSPS) is 18.2. The molecule has 10 nitrogen and oxygen atoms in total. The maximum Gasteiger partial charge on any atom is 0.416 e. The molecule has 0 bridgehead atoms. The van der Waals surface area contributed by atoms with Crippen LogP contribution in [-0.2, 0) is 21.0 Å². The fraction of sp³-hybridized carbons (Fsp3) is 0.318. The van der Waals surface area contributed by atoms with E-state index in [-0.39, 0.29) is 16.0 Å². The predicted octanol–water partition coefficient (Wildman–Crippen LogP) is 0.359. The molecule has 2 aromatic carbocycles. The van der Waals surface area contributed by atoms with Crippen molar-refractivity contribution in [2.45, 2.75) is 29.6 Å². The number of hydrogen-bond acceptors (Lipinski definition) is 6. The van der Waals surface area contributed by atoms with Crippen LogP contribution in [0, 0.1) is 0 Å². The van der Waals surface area contributed by atoms with Crippen molar-refractivity contribution in [1.82, 2.24) is 21.3 Å². The molecule has 2 aromatic rings. The van der Waals surface area contributed by atoms with Crippen LogP contribution in [0.5, 0.6) is 0 Å². The molecule has 3 rings (SSSR count). The van der Waals surface area contributed by atoms with Gasteiger partial charge >= 0.3 is 6.18 Å². The Balaban J connectivity index is 1.56. The summed E-state index contributed by atoms with van der Waals surface area (Å²) < 4.78 is 61.3. The molecule has 2 atom stereocenters. The Hall–Kier alpha value is -3.49. The second-order valence-electron chi connectivity index (χ2n) is 8.08. The fourth-order valence-electron chi connectivity index (χ4n) is 3.59. The molecule has 3 amide bonds. The first-order valence-electron chi connectivity index (χ1n) is 10.7. The first-order chi connectivity index (χ1) is 16.8. The van der Waals surface area contributed by atoms with Crippen LogP contribution in [0.3, 0.4) is 0 Å². The fourth-order valence-corrected chi connectivity index (χ4v) is 4.10. The highest BCUT2D eigenvalue weighted by Crippen LogP contribution is 2.29. The quantitative estimate of drug-likeness (QED) is 0.350. The third kappa shape index (κ3) is 7.26. The van der Waals surface area contributed by atoms with E-state index in [0.29, 0.717) is 25.6 Å². The molecular formula is C22H24F3N5O5S. The van der Waals surface area contributed by atoms with E-state index in [1.807, 2.05) is 0 Å². The molecule has 0 spiro atoms. The zero-order chi connectivity index (χ0) is 26.5. The number of hydrogen-bond donors (Lipinski definition) is 5. The van der Waals surface area contributed by atoms with Crippen molar-refractivity contribution < 1.29 is 36.0 Å². The summed E-state index contributed by atoms with van der Waals surface area (Å²) in [6.45, 7) is 0.411. The summed E-state index contributed by atoms with van der Waals surface area (Å²) in [6, 6.07) is 7.85. The van der Waals surface area contributed by atoms with Crippen LogP contribution in [0.2, 0.25) is 0 Å². The van der Waals surface area contributed by atoms with Crippen molar-refractivity contribution in [1.29, 1.82) is 0 Å². The van der Waals surface area contributed by atoms with Crippen molar-refractivity contribution in [2.75, 3.05) is 19.6 Å². The highest BCUT2D eigenvalue weighted by atomic mass is 32.2. The molecule has 1 heterocycles. The number of carbonyl (C=O) groups excluding carboxylic acids is 3. The average molecular weight is 528 g/mol. The van der Waals surface area contributed by atoms with Gasteiger partial charge in [-0.1, -0.05) is 6.07 Å². The summed E-state index contributed by atoms with van der Waals surface area (Å²) in [5.74, 6) is -1.92. The van der Waals surface area contributed by atoms with Gasteiger partial charge in [0.05, 0.1) is 29.1 Å². The number of sulfonamides is 1. The van der Waals surface area contributed by atoms with E-state index in [0.717, 1.165) is 12.1 Å². The number of primary sulfonamides is 1. The summed E-state index contributed by atoms with van der Waals surface area (Å²) in [5.41, 5.74) is -1.03. The summed E-state index contributed by atoms with van der Waals surface area (Å²) in [7, 11) is -3.90. The van der Waals surface area contributed by atoms with E-state index < -0.39 is 58.1 Å². The minimum atomic E-state index is -4.60. The van der Waals surface area contributed by atoms with E-state index in [4.69, 9.17) is 5.14 Å². The number of benzene rings is 2. The lowest BCUT2D eigenvalue weighted by molar-refractivity contribution is -0.137. The first kappa shape index (κ1) is 27.1. The molecule has 194 valence electrons. The molecule has 2 unspecified atom stereocenters. The standard InChI is InChI=1S/C22H24F3N5O5S/c23-22(24,25)15-3-1-2-14(10-15)20(32)28-12-19(31)29-17-8-9-27-11-18(17)30-21(33)13-4-6-16(7-5-13)36(26,34)35/h1-7,10,17-18,27H,8-9,11-12H2,(H,28,32)(H,29,31)(H,30,33)(H2,26,34,35). The van der Waals surface area contributed by atoms with Crippen LogP contribution in [0.25, 0.3) is 0 Å². The maximum atomic E-state index is 12.8. The zero-order valence-corrected chi connectivity index (χ0v) is 19.6. The number of piperidine rings is 1. The predicted molar refractivity (Wildman–Crippen MR) is 122 cm³/mol. The first-order valence-corrected chi connectivity index (χ1v) is 12.3.